The Balaban J connectivity index is 1.88. The maximum absolute atomic E-state index is 11.7. The van der Waals surface area contributed by atoms with Gasteiger partial charge >= 0.3 is 6.09 Å². The minimum atomic E-state index is -0.488. The molecule has 1 aromatic rings. The zero-order valence-corrected chi connectivity index (χ0v) is 12.6. The van der Waals surface area contributed by atoms with Gasteiger partial charge in [-0.1, -0.05) is 11.6 Å². The Morgan fingerprint density at radius 2 is 2.30 bits per heavy atom. The van der Waals surface area contributed by atoms with Crippen LogP contribution >= 0.6 is 11.6 Å². The van der Waals surface area contributed by atoms with Gasteiger partial charge in [-0.15, -0.1) is 0 Å². The van der Waals surface area contributed by atoms with E-state index in [1.807, 2.05) is 25.7 Å². The van der Waals surface area contributed by atoms with Crippen molar-refractivity contribution < 1.29 is 9.53 Å². The van der Waals surface area contributed by atoms with Gasteiger partial charge in [0, 0.05) is 19.3 Å². The Morgan fingerprint density at radius 1 is 1.55 bits per heavy atom. The number of alkyl carbamates (subject to hydrolysis) is 1. The molecule has 0 aliphatic carbocycles. The number of anilines is 1. The first kappa shape index (κ1) is 14.8. The van der Waals surface area contributed by atoms with Crippen molar-refractivity contribution in [2.24, 2.45) is 0 Å². The van der Waals surface area contributed by atoms with Crippen molar-refractivity contribution in [3.05, 3.63) is 17.4 Å². The lowest BCUT2D eigenvalue weighted by Crippen LogP contribution is -2.40. The average molecular weight is 299 g/mol. The van der Waals surface area contributed by atoms with E-state index in [0.717, 1.165) is 13.0 Å². The summed E-state index contributed by atoms with van der Waals surface area (Å²) in [4.78, 5) is 22.0. The number of hydrogen-bond donors (Lipinski definition) is 1. The Kier molecular flexibility index (Phi) is 4.32. The van der Waals surface area contributed by atoms with E-state index in [1.54, 1.807) is 12.3 Å². The van der Waals surface area contributed by atoms with Crippen molar-refractivity contribution in [1.82, 2.24) is 15.3 Å². The SMILES string of the molecule is CC(C)(C)OC(=O)NC1CCN(c2nccc(Cl)n2)C1. The Hall–Kier alpha value is -1.56. The molecule has 1 atom stereocenters. The fourth-order valence-electron chi connectivity index (χ4n) is 2.01. The van der Waals surface area contributed by atoms with Crippen LogP contribution in [0.2, 0.25) is 5.15 Å². The lowest BCUT2D eigenvalue weighted by molar-refractivity contribution is 0.0509. The second-order valence-corrected chi connectivity index (χ2v) is 6.14. The maximum Gasteiger partial charge on any atom is 0.407 e. The fourth-order valence-corrected chi connectivity index (χ4v) is 2.15. The van der Waals surface area contributed by atoms with E-state index in [2.05, 4.69) is 15.3 Å². The van der Waals surface area contributed by atoms with Gasteiger partial charge in [-0.25, -0.2) is 14.8 Å². The van der Waals surface area contributed by atoms with Crippen LogP contribution in [0.25, 0.3) is 0 Å². The van der Waals surface area contributed by atoms with Gasteiger partial charge < -0.3 is 15.0 Å². The topological polar surface area (TPSA) is 67.3 Å². The third kappa shape index (κ3) is 4.23. The van der Waals surface area contributed by atoms with E-state index < -0.39 is 11.7 Å². The van der Waals surface area contributed by atoms with Gasteiger partial charge in [-0.2, -0.15) is 0 Å². The Bertz CT molecular complexity index is 490. The third-order valence-electron chi connectivity index (χ3n) is 2.80. The second kappa shape index (κ2) is 5.83. The number of halogens is 1. The first-order valence-corrected chi connectivity index (χ1v) is 6.94. The summed E-state index contributed by atoms with van der Waals surface area (Å²) in [5, 5.41) is 3.27. The molecule has 1 aromatic heterocycles. The summed E-state index contributed by atoms with van der Waals surface area (Å²) >= 11 is 5.85. The van der Waals surface area contributed by atoms with Crippen molar-refractivity contribution in [3.63, 3.8) is 0 Å². The van der Waals surface area contributed by atoms with E-state index >= 15 is 0 Å². The lowest BCUT2D eigenvalue weighted by atomic mass is 10.2. The third-order valence-corrected chi connectivity index (χ3v) is 3.01. The van der Waals surface area contributed by atoms with Gasteiger partial charge in [0.25, 0.3) is 0 Å². The van der Waals surface area contributed by atoms with Gasteiger partial charge in [0.05, 0.1) is 6.04 Å². The summed E-state index contributed by atoms with van der Waals surface area (Å²) in [6.07, 6.45) is 2.06. The highest BCUT2D eigenvalue weighted by Gasteiger charge is 2.27. The van der Waals surface area contributed by atoms with Crippen molar-refractivity contribution in [1.29, 1.82) is 0 Å². The highest BCUT2D eigenvalue weighted by Crippen LogP contribution is 2.18. The summed E-state index contributed by atoms with van der Waals surface area (Å²) in [7, 11) is 0. The van der Waals surface area contributed by atoms with Crippen molar-refractivity contribution in [2.45, 2.75) is 38.8 Å². The predicted octanol–water partition coefficient (Wildman–Crippen LogP) is 2.23. The van der Waals surface area contributed by atoms with Crippen LogP contribution in [0.4, 0.5) is 10.7 Å². The molecule has 0 bridgehead atoms. The Labute approximate surface area is 123 Å². The summed E-state index contributed by atoms with van der Waals surface area (Å²) in [6.45, 7) is 6.95. The molecular formula is C13H19ClN4O2. The van der Waals surface area contributed by atoms with Crippen molar-refractivity contribution >= 4 is 23.6 Å². The van der Waals surface area contributed by atoms with Gasteiger partial charge in [0.1, 0.15) is 10.8 Å². The zero-order valence-electron chi connectivity index (χ0n) is 11.9. The predicted molar refractivity (Wildman–Crippen MR) is 77.0 cm³/mol. The number of aromatic nitrogens is 2. The van der Waals surface area contributed by atoms with Crippen LogP contribution in [-0.4, -0.2) is 40.8 Å². The number of ether oxygens (including phenoxy) is 1. The minimum absolute atomic E-state index is 0.0347. The lowest BCUT2D eigenvalue weighted by Gasteiger charge is -2.22. The molecule has 2 heterocycles. The van der Waals surface area contributed by atoms with Crippen LogP contribution < -0.4 is 10.2 Å². The van der Waals surface area contributed by atoms with Crippen LogP contribution in [-0.2, 0) is 4.74 Å². The van der Waals surface area contributed by atoms with Gasteiger partial charge in [-0.05, 0) is 33.3 Å². The molecule has 0 radical (unpaired) electrons. The monoisotopic (exact) mass is 298 g/mol. The van der Waals surface area contributed by atoms with Gasteiger partial charge in [-0.3, -0.25) is 0 Å². The molecule has 2 rings (SSSR count). The number of nitrogens with zero attached hydrogens (tertiary/aromatic N) is 3. The molecule has 0 saturated carbocycles. The fraction of sp³-hybridized carbons (Fsp3) is 0.615. The standard InChI is InChI=1S/C13H19ClN4O2/c1-13(2,3)20-12(19)16-9-5-7-18(8-9)11-15-6-4-10(14)17-11/h4,6,9H,5,7-8H2,1-3H3,(H,16,19). The summed E-state index contributed by atoms with van der Waals surface area (Å²) in [5.74, 6) is 0.589. The van der Waals surface area contributed by atoms with Crippen LogP contribution in [0.15, 0.2) is 12.3 Å². The molecule has 1 aliphatic heterocycles. The molecule has 20 heavy (non-hydrogen) atoms. The molecule has 1 saturated heterocycles. The molecule has 1 N–H and O–H groups in total. The molecule has 0 aromatic carbocycles. The maximum atomic E-state index is 11.7. The van der Waals surface area contributed by atoms with Crippen molar-refractivity contribution in [3.8, 4) is 0 Å². The second-order valence-electron chi connectivity index (χ2n) is 5.76. The molecule has 1 amide bonds. The van der Waals surface area contributed by atoms with Crippen molar-refractivity contribution in [2.75, 3.05) is 18.0 Å². The quantitative estimate of drug-likeness (QED) is 0.848. The number of hydrogen-bond acceptors (Lipinski definition) is 5. The number of nitrogens with one attached hydrogen (secondary N) is 1. The summed E-state index contributed by atoms with van der Waals surface area (Å²) < 4.78 is 5.24. The first-order valence-electron chi connectivity index (χ1n) is 6.56. The molecule has 7 heteroatoms. The molecule has 1 aliphatic rings. The smallest absolute Gasteiger partial charge is 0.407 e. The summed E-state index contributed by atoms with van der Waals surface area (Å²) in [5.41, 5.74) is -0.488. The van der Waals surface area contributed by atoms with Crippen LogP contribution in [0.1, 0.15) is 27.2 Å². The molecular weight excluding hydrogens is 280 g/mol. The average Bonchev–Trinajstić information content (AvgIpc) is 2.74. The van der Waals surface area contributed by atoms with Crippen LogP contribution in [0.3, 0.4) is 0 Å². The van der Waals surface area contributed by atoms with Gasteiger partial charge in [0.15, 0.2) is 0 Å². The molecule has 1 unspecified atom stereocenters. The number of carbonyl (C=O) groups excluding carboxylic acids is 1. The minimum Gasteiger partial charge on any atom is -0.444 e. The highest BCUT2D eigenvalue weighted by atomic mass is 35.5. The number of carbonyl (C=O) groups is 1. The van der Waals surface area contributed by atoms with Gasteiger partial charge in [0.2, 0.25) is 5.95 Å². The highest BCUT2D eigenvalue weighted by molar-refractivity contribution is 6.29. The molecule has 0 spiro atoms. The first-order chi connectivity index (χ1) is 9.33. The van der Waals surface area contributed by atoms with E-state index in [9.17, 15) is 4.79 Å². The molecule has 6 nitrogen and oxygen atoms in total. The van der Waals surface area contributed by atoms with E-state index in [-0.39, 0.29) is 6.04 Å². The van der Waals surface area contributed by atoms with Crippen LogP contribution in [0.5, 0.6) is 0 Å². The zero-order chi connectivity index (χ0) is 14.8. The Morgan fingerprint density at radius 3 is 2.95 bits per heavy atom. The number of amides is 1. The molecule has 110 valence electrons. The van der Waals surface area contributed by atoms with Crippen LogP contribution in [0, 0.1) is 0 Å². The number of rotatable bonds is 2. The van der Waals surface area contributed by atoms with E-state index in [4.69, 9.17) is 16.3 Å². The largest absolute Gasteiger partial charge is 0.444 e. The van der Waals surface area contributed by atoms with E-state index in [0.29, 0.717) is 17.6 Å². The molecule has 1 fully saturated rings. The van der Waals surface area contributed by atoms with E-state index in [1.165, 1.54) is 0 Å². The summed E-state index contributed by atoms with van der Waals surface area (Å²) in [6, 6.07) is 1.67. The normalized spacial score (nSPS) is 19.0.